The Morgan fingerprint density at radius 1 is 0.862 bits per heavy atom. The third-order valence-corrected chi connectivity index (χ3v) is 4.96. The van der Waals surface area contributed by atoms with Crippen molar-refractivity contribution in [3.8, 4) is 5.75 Å². The first-order chi connectivity index (χ1) is 13.9. The number of carbonyl (C=O) groups is 1. The molecule has 0 atom stereocenters. The van der Waals surface area contributed by atoms with E-state index < -0.39 is 0 Å². The molecule has 0 aromatic heterocycles. The predicted octanol–water partition coefficient (Wildman–Crippen LogP) is 6.97. The van der Waals surface area contributed by atoms with Gasteiger partial charge in [0.25, 0.3) is 5.91 Å². The molecule has 1 aromatic carbocycles. The van der Waals surface area contributed by atoms with Crippen LogP contribution in [0.15, 0.2) is 59.2 Å². The molecule has 0 radical (unpaired) electrons. The minimum atomic E-state index is 0.0708. The number of benzene rings is 1. The Morgan fingerprint density at radius 3 is 1.97 bits per heavy atom. The number of hydrogen-bond donors (Lipinski definition) is 0. The van der Waals surface area contributed by atoms with Gasteiger partial charge in [-0.2, -0.15) is 0 Å². The fourth-order valence-electron chi connectivity index (χ4n) is 3.01. The Bertz CT molecular complexity index is 703. The van der Waals surface area contributed by atoms with Crippen molar-refractivity contribution in [3.63, 3.8) is 0 Å². The van der Waals surface area contributed by atoms with Crippen molar-refractivity contribution in [2.75, 3.05) is 19.7 Å². The topological polar surface area (TPSA) is 29.5 Å². The normalized spacial score (nSPS) is 11.9. The van der Waals surface area contributed by atoms with E-state index in [1.165, 1.54) is 16.7 Å². The molecule has 0 saturated heterocycles. The molecule has 29 heavy (non-hydrogen) atoms. The molecule has 3 heteroatoms. The first kappa shape index (κ1) is 24.7. The zero-order valence-corrected chi connectivity index (χ0v) is 19.3. The molecule has 160 valence electrons. The average molecular weight is 398 g/mol. The van der Waals surface area contributed by atoms with E-state index in [9.17, 15) is 4.79 Å². The van der Waals surface area contributed by atoms with Gasteiger partial charge >= 0.3 is 0 Å². The van der Waals surface area contributed by atoms with E-state index in [0.29, 0.717) is 12.2 Å². The Hall–Kier alpha value is -2.29. The third kappa shape index (κ3) is 10.2. The zero-order valence-electron chi connectivity index (χ0n) is 19.3. The van der Waals surface area contributed by atoms with Crippen LogP contribution in [-0.2, 0) is 0 Å². The molecule has 1 amide bonds. The Morgan fingerprint density at radius 2 is 1.41 bits per heavy atom. The molecule has 0 spiro atoms. The number of ether oxygens (including phenoxy) is 1. The van der Waals surface area contributed by atoms with Gasteiger partial charge in [0.2, 0.25) is 0 Å². The molecular formula is C26H39NO2. The summed E-state index contributed by atoms with van der Waals surface area (Å²) in [6.45, 7) is 14.7. The summed E-state index contributed by atoms with van der Waals surface area (Å²) in [5.41, 5.74) is 4.90. The van der Waals surface area contributed by atoms with E-state index in [4.69, 9.17) is 4.74 Å². The SMILES string of the molecule is CCN(CC)C(=O)c1ccc(OC/C=C(\C)CC/C=C(\C)CCC=C(C)C)cc1. The quantitative estimate of drug-likeness (QED) is 0.357. The smallest absolute Gasteiger partial charge is 0.253 e. The molecule has 3 nitrogen and oxygen atoms in total. The van der Waals surface area contributed by atoms with Crippen LogP contribution in [0.2, 0.25) is 0 Å². The lowest BCUT2D eigenvalue weighted by molar-refractivity contribution is 0.0773. The third-order valence-electron chi connectivity index (χ3n) is 4.96. The molecule has 0 unspecified atom stereocenters. The van der Waals surface area contributed by atoms with Crippen LogP contribution >= 0.6 is 0 Å². The van der Waals surface area contributed by atoms with Crippen LogP contribution in [0.25, 0.3) is 0 Å². The Kier molecular flexibility index (Phi) is 11.8. The van der Waals surface area contributed by atoms with E-state index in [-0.39, 0.29) is 5.91 Å². The predicted molar refractivity (Wildman–Crippen MR) is 125 cm³/mol. The summed E-state index contributed by atoms with van der Waals surface area (Å²) < 4.78 is 5.80. The van der Waals surface area contributed by atoms with Crippen molar-refractivity contribution >= 4 is 5.91 Å². The number of carbonyl (C=O) groups excluding carboxylic acids is 1. The monoisotopic (exact) mass is 397 g/mol. The van der Waals surface area contributed by atoms with Crippen LogP contribution in [-0.4, -0.2) is 30.5 Å². The highest BCUT2D eigenvalue weighted by Crippen LogP contribution is 2.15. The molecular weight excluding hydrogens is 358 g/mol. The average Bonchev–Trinajstić information content (AvgIpc) is 2.69. The molecule has 0 N–H and O–H groups in total. The van der Waals surface area contributed by atoms with Crippen LogP contribution in [0.1, 0.15) is 77.6 Å². The molecule has 0 aliphatic rings. The summed E-state index contributed by atoms with van der Waals surface area (Å²) in [6, 6.07) is 7.43. The number of hydrogen-bond acceptors (Lipinski definition) is 2. The van der Waals surface area contributed by atoms with Gasteiger partial charge in [-0.25, -0.2) is 0 Å². The van der Waals surface area contributed by atoms with Gasteiger partial charge < -0.3 is 9.64 Å². The standard InChI is InChI=1S/C26H39NO2/c1-7-27(8-2)26(28)24-15-17-25(18-16-24)29-20-19-23(6)14-10-13-22(5)12-9-11-21(3)4/h11,13,15-19H,7-10,12,14,20H2,1-6H3/b22-13+,23-19+. The fourth-order valence-corrected chi connectivity index (χ4v) is 3.01. The second-order valence-corrected chi connectivity index (χ2v) is 7.77. The number of rotatable bonds is 12. The van der Waals surface area contributed by atoms with Crippen molar-refractivity contribution in [3.05, 3.63) is 64.8 Å². The van der Waals surface area contributed by atoms with Crippen LogP contribution in [0.4, 0.5) is 0 Å². The van der Waals surface area contributed by atoms with Crippen molar-refractivity contribution in [1.29, 1.82) is 0 Å². The Labute approximate surface area is 178 Å². The number of allylic oxidation sites excluding steroid dienone is 5. The first-order valence-corrected chi connectivity index (χ1v) is 10.8. The second kappa shape index (κ2) is 13.8. The van der Waals surface area contributed by atoms with Crippen LogP contribution in [0.3, 0.4) is 0 Å². The summed E-state index contributed by atoms with van der Waals surface area (Å²) in [7, 11) is 0. The molecule has 0 fully saturated rings. The molecule has 0 bridgehead atoms. The molecule has 0 aliphatic carbocycles. The molecule has 0 heterocycles. The second-order valence-electron chi connectivity index (χ2n) is 7.77. The number of nitrogens with zero attached hydrogens (tertiary/aromatic N) is 1. The molecule has 1 aromatic rings. The van der Waals surface area contributed by atoms with E-state index >= 15 is 0 Å². The first-order valence-electron chi connectivity index (χ1n) is 10.8. The van der Waals surface area contributed by atoms with Gasteiger partial charge in [0.15, 0.2) is 0 Å². The Balaban J connectivity index is 2.40. The highest BCUT2D eigenvalue weighted by molar-refractivity contribution is 5.94. The largest absolute Gasteiger partial charge is 0.490 e. The van der Waals surface area contributed by atoms with E-state index in [1.54, 1.807) is 0 Å². The molecule has 0 aliphatic heterocycles. The molecule has 0 saturated carbocycles. The highest BCUT2D eigenvalue weighted by Gasteiger charge is 2.11. The lowest BCUT2D eigenvalue weighted by Gasteiger charge is -2.18. The van der Waals surface area contributed by atoms with E-state index in [2.05, 4.69) is 45.9 Å². The maximum absolute atomic E-state index is 12.3. The summed E-state index contributed by atoms with van der Waals surface area (Å²) in [4.78, 5) is 14.1. The van der Waals surface area contributed by atoms with Gasteiger partial charge in [0.1, 0.15) is 12.4 Å². The van der Waals surface area contributed by atoms with Crippen molar-refractivity contribution in [2.45, 2.75) is 67.2 Å². The van der Waals surface area contributed by atoms with Crippen molar-refractivity contribution < 1.29 is 9.53 Å². The molecule has 1 rings (SSSR count). The summed E-state index contributed by atoms with van der Waals surface area (Å²) in [6.07, 6.45) is 11.2. The maximum atomic E-state index is 12.3. The lowest BCUT2D eigenvalue weighted by Crippen LogP contribution is -2.30. The zero-order chi connectivity index (χ0) is 21.6. The fraction of sp³-hybridized carbons (Fsp3) is 0.500. The van der Waals surface area contributed by atoms with Crippen LogP contribution < -0.4 is 4.74 Å². The maximum Gasteiger partial charge on any atom is 0.253 e. The number of amides is 1. The minimum absolute atomic E-state index is 0.0708. The van der Waals surface area contributed by atoms with Gasteiger partial charge in [-0.05, 0) is 97.6 Å². The summed E-state index contributed by atoms with van der Waals surface area (Å²) in [5, 5.41) is 0. The van der Waals surface area contributed by atoms with E-state index in [1.807, 2.05) is 43.0 Å². The van der Waals surface area contributed by atoms with Crippen molar-refractivity contribution in [2.24, 2.45) is 0 Å². The van der Waals surface area contributed by atoms with Gasteiger partial charge in [-0.15, -0.1) is 0 Å². The van der Waals surface area contributed by atoms with Crippen molar-refractivity contribution in [1.82, 2.24) is 4.90 Å². The van der Waals surface area contributed by atoms with Crippen LogP contribution in [0, 0.1) is 0 Å². The van der Waals surface area contributed by atoms with Gasteiger partial charge in [-0.1, -0.05) is 28.9 Å². The highest BCUT2D eigenvalue weighted by atomic mass is 16.5. The van der Waals surface area contributed by atoms with E-state index in [0.717, 1.165) is 44.5 Å². The van der Waals surface area contributed by atoms with Gasteiger partial charge in [0, 0.05) is 18.7 Å². The van der Waals surface area contributed by atoms with Gasteiger partial charge in [-0.3, -0.25) is 4.79 Å². The lowest BCUT2D eigenvalue weighted by atomic mass is 10.1. The van der Waals surface area contributed by atoms with Crippen LogP contribution in [0.5, 0.6) is 5.75 Å². The van der Waals surface area contributed by atoms with Gasteiger partial charge in [0.05, 0.1) is 0 Å². The minimum Gasteiger partial charge on any atom is -0.490 e. The summed E-state index contributed by atoms with van der Waals surface area (Å²) in [5.74, 6) is 0.863. The summed E-state index contributed by atoms with van der Waals surface area (Å²) >= 11 is 0.